The molecule has 7 heteroatoms. The molecule has 4 aromatic rings. The van der Waals surface area contributed by atoms with Gasteiger partial charge in [-0.15, -0.1) is 0 Å². The number of nitrogen functional groups attached to an aromatic ring is 1. The maximum atomic E-state index is 5.93. The number of fused-ring (bicyclic) bond motifs is 1. The fourth-order valence-electron chi connectivity index (χ4n) is 2.42. The summed E-state index contributed by atoms with van der Waals surface area (Å²) < 4.78 is 8.92. The predicted octanol–water partition coefficient (Wildman–Crippen LogP) is 2.89. The quantitative estimate of drug-likeness (QED) is 0.568. The Morgan fingerprint density at radius 1 is 1.22 bits per heavy atom. The molecule has 0 unspecified atom stereocenters. The third-order valence-electron chi connectivity index (χ3n) is 3.49. The smallest absolute Gasteiger partial charge is 0.241 e. The minimum atomic E-state index is 0.556. The lowest BCUT2D eigenvalue weighted by atomic mass is 10.2. The Morgan fingerprint density at radius 2 is 2.13 bits per heavy atom. The second-order valence-electron chi connectivity index (χ2n) is 5.13. The van der Waals surface area contributed by atoms with Gasteiger partial charge in [-0.2, -0.15) is 0 Å². The van der Waals surface area contributed by atoms with Crippen molar-refractivity contribution < 1.29 is 9.30 Å². The highest BCUT2D eigenvalue weighted by atomic mass is 32.1. The first kappa shape index (κ1) is 13.7. The van der Waals surface area contributed by atoms with Crippen LogP contribution in [0.4, 0.5) is 5.13 Å². The number of pyridine rings is 1. The molecule has 6 nitrogen and oxygen atoms in total. The van der Waals surface area contributed by atoms with Gasteiger partial charge in [0.05, 0.1) is 23.5 Å². The van der Waals surface area contributed by atoms with Crippen molar-refractivity contribution in [1.29, 1.82) is 0 Å². The summed E-state index contributed by atoms with van der Waals surface area (Å²) in [7, 11) is 1.97. The molecule has 3 heterocycles. The van der Waals surface area contributed by atoms with Gasteiger partial charge in [-0.3, -0.25) is 4.98 Å². The van der Waals surface area contributed by atoms with Crippen LogP contribution in [-0.4, -0.2) is 15.0 Å². The van der Waals surface area contributed by atoms with E-state index in [9.17, 15) is 0 Å². The summed E-state index contributed by atoms with van der Waals surface area (Å²) in [5, 5.41) is 0.556. The van der Waals surface area contributed by atoms with E-state index in [2.05, 4.69) is 15.0 Å². The molecular formula is C16H14N5OS+. The number of thiazole rings is 1. The molecule has 0 aliphatic heterocycles. The number of aryl methyl sites for hydroxylation is 1. The number of hydrogen-bond donors (Lipinski definition) is 2. The predicted molar refractivity (Wildman–Crippen MR) is 89.3 cm³/mol. The Kier molecular flexibility index (Phi) is 3.20. The molecule has 0 saturated heterocycles. The lowest BCUT2D eigenvalue weighted by Gasteiger charge is -2.06. The molecule has 3 N–H and O–H groups in total. The van der Waals surface area contributed by atoms with Crippen LogP contribution >= 0.6 is 11.3 Å². The third kappa shape index (κ3) is 2.62. The Hall–Kier alpha value is -2.93. The van der Waals surface area contributed by atoms with Crippen LogP contribution in [0.1, 0.15) is 0 Å². The number of aromatic amines is 1. The maximum Gasteiger partial charge on any atom is 0.241 e. The molecule has 0 amide bonds. The first-order valence-corrected chi connectivity index (χ1v) is 7.82. The maximum absolute atomic E-state index is 5.93. The van der Waals surface area contributed by atoms with Crippen molar-refractivity contribution in [2.24, 2.45) is 7.05 Å². The summed E-state index contributed by atoms with van der Waals surface area (Å²) in [4.78, 5) is 11.6. The van der Waals surface area contributed by atoms with Gasteiger partial charge in [-0.25, -0.2) is 14.5 Å². The van der Waals surface area contributed by atoms with E-state index in [1.807, 2.05) is 54.6 Å². The number of imidazole rings is 1. The van der Waals surface area contributed by atoms with Gasteiger partial charge in [0.25, 0.3) is 0 Å². The number of nitrogens with two attached hydrogens (primary N) is 1. The third-order valence-corrected chi connectivity index (χ3v) is 4.34. The Bertz CT molecular complexity index is 991. The standard InChI is InChI=1S/C16H13N5OS/c1-21-9-19-8-14(21)10-4-12(7-18-6-10)22-11-2-3-13-15(5-11)23-16(17)20-13/h2-9H,1H3,(H2,17,20)/p+1. The molecule has 0 fully saturated rings. The van der Waals surface area contributed by atoms with Crippen molar-refractivity contribution in [1.82, 2.24) is 15.0 Å². The fourth-order valence-corrected chi connectivity index (χ4v) is 3.19. The molecule has 114 valence electrons. The summed E-state index contributed by atoms with van der Waals surface area (Å²) in [5.41, 5.74) is 8.63. The normalized spacial score (nSPS) is 11.0. The lowest BCUT2D eigenvalue weighted by Crippen LogP contribution is -2.27. The molecule has 0 spiro atoms. The van der Waals surface area contributed by atoms with Gasteiger partial charge in [0.2, 0.25) is 6.33 Å². The number of anilines is 1. The first-order chi connectivity index (χ1) is 11.2. The zero-order valence-corrected chi connectivity index (χ0v) is 13.2. The zero-order chi connectivity index (χ0) is 15.8. The molecule has 3 aromatic heterocycles. The van der Waals surface area contributed by atoms with Crippen LogP contribution in [0.5, 0.6) is 11.5 Å². The van der Waals surface area contributed by atoms with E-state index in [1.165, 1.54) is 11.3 Å². The fraction of sp³-hybridized carbons (Fsp3) is 0.0625. The van der Waals surface area contributed by atoms with E-state index in [4.69, 9.17) is 10.5 Å². The van der Waals surface area contributed by atoms with Crippen molar-refractivity contribution in [3.63, 3.8) is 0 Å². The molecule has 0 radical (unpaired) electrons. The van der Waals surface area contributed by atoms with Crippen LogP contribution in [-0.2, 0) is 7.05 Å². The number of benzene rings is 1. The summed E-state index contributed by atoms with van der Waals surface area (Å²) >= 11 is 1.44. The molecule has 4 rings (SSSR count). The SMILES string of the molecule is C[n+]1c[nH]cc1-c1cncc(Oc2ccc3nc(N)sc3c2)c1. The summed E-state index contributed by atoms with van der Waals surface area (Å²) in [6.45, 7) is 0. The number of nitrogens with zero attached hydrogens (tertiary/aromatic N) is 3. The van der Waals surface area contributed by atoms with Crippen LogP contribution in [0.2, 0.25) is 0 Å². The zero-order valence-electron chi connectivity index (χ0n) is 12.4. The molecule has 0 aliphatic rings. The Labute approximate surface area is 136 Å². The van der Waals surface area contributed by atoms with Gasteiger partial charge in [-0.1, -0.05) is 11.3 Å². The van der Waals surface area contributed by atoms with Crippen LogP contribution < -0.4 is 15.0 Å². The van der Waals surface area contributed by atoms with Crippen molar-refractivity contribution in [3.8, 4) is 22.8 Å². The molecule has 0 aliphatic carbocycles. The molecular weight excluding hydrogens is 310 g/mol. The second-order valence-corrected chi connectivity index (χ2v) is 6.19. The van der Waals surface area contributed by atoms with Gasteiger partial charge in [0.1, 0.15) is 17.7 Å². The molecule has 1 aromatic carbocycles. The number of nitrogens with one attached hydrogen (secondary N) is 1. The van der Waals surface area contributed by atoms with Crippen LogP contribution in [0.3, 0.4) is 0 Å². The highest BCUT2D eigenvalue weighted by molar-refractivity contribution is 7.22. The highest BCUT2D eigenvalue weighted by Crippen LogP contribution is 2.30. The number of aromatic nitrogens is 4. The minimum Gasteiger partial charge on any atom is -0.456 e. The molecule has 0 saturated carbocycles. The van der Waals surface area contributed by atoms with E-state index in [0.717, 1.165) is 27.2 Å². The Morgan fingerprint density at radius 3 is 2.96 bits per heavy atom. The highest BCUT2D eigenvalue weighted by Gasteiger charge is 2.10. The van der Waals surface area contributed by atoms with Crippen molar-refractivity contribution in [3.05, 3.63) is 49.2 Å². The molecule has 0 atom stereocenters. The van der Waals surface area contributed by atoms with Crippen molar-refractivity contribution >= 4 is 26.7 Å². The van der Waals surface area contributed by atoms with Gasteiger partial charge in [-0.05, 0) is 18.2 Å². The van der Waals surface area contributed by atoms with Gasteiger partial charge in [0.15, 0.2) is 10.8 Å². The molecule has 23 heavy (non-hydrogen) atoms. The summed E-state index contributed by atoms with van der Waals surface area (Å²) in [5.74, 6) is 1.42. The summed E-state index contributed by atoms with van der Waals surface area (Å²) in [6.07, 6.45) is 7.31. The Balaban J connectivity index is 1.66. The van der Waals surface area contributed by atoms with E-state index >= 15 is 0 Å². The van der Waals surface area contributed by atoms with Crippen LogP contribution in [0.15, 0.2) is 49.2 Å². The largest absolute Gasteiger partial charge is 0.456 e. The van der Waals surface area contributed by atoms with E-state index < -0.39 is 0 Å². The van der Waals surface area contributed by atoms with Gasteiger partial charge >= 0.3 is 0 Å². The first-order valence-electron chi connectivity index (χ1n) is 7.01. The summed E-state index contributed by atoms with van der Waals surface area (Å²) in [6, 6.07) is 7.68. The number of ether oxygens (including phenoxy) is 1. The van der Waals surface area contributed by atoms with E-state index in [-0.39, 0.29) is 0 Å². The van der Waals surface area contributed by atoms with Gasteiger partial charge < -0.3 is 10.5 Å². The van der Waals surface area contributed by atoms with E-state index in [0.29, 0.717) is 10.9 Å². The number of rotatable bonds is 3. The lowest BCUT2D eigenvalue weighted by molar-refractivity contribution is -0.659. The average Bonchev–Trinajstić information content (AvgIpc) is 3.12. The van der Waals surface area contributed by atoms with Gasteiger partial charge in [0, 0.05) is 17.8 Å². The average molecular weight is 324 g/mol. The monoisotopic (exact) mass is 324 g/mol. The second kappa shape index (κ2) is 5.36. The topological polar surface area (TPSA) is 80.7 Å². The van der Waals surface area contributed by atoms with Crippen molar-refractivity contribution in [2.75, 3.05) is 5.73 Å². The van der Waals surface area contributed by atoms with Crippen molar-refractivity contribution in [2.45, 2.75) is 0 Å². The minimum absolute atomic E-state index is 0.556. The number of hydrogen-bond acceptors (Lipinski definition) is 5. The van der Waals surface area contributed by atoms with E-state index in [1.54, 1.807) is 6.20 Å². The number of H-pyrrole nitrogens is 1. The molecule has 0 bridgehead atoms. The van der Waals surface area contributed by atoms with Crippen LogP contribution in [0.25, 0.3) is 21.5 Å². The van der Waals surface area contributed by atoms with Crippen LogP contribution in [0, 0.1) is 0 Å².